The minimum absolute atomic E-state index is 0.267. The molecule has 0 aliphatic rings. The largest absolute Gasteiger partial charge is 0.497 e. The van der Waals surface area contributed by atoms with Crippen molar-refractivity contribution in [3.05, 3.63) is 95.1 Å². The zero-order valence-electron chi connectivity index (χ0n) is 19.0. The molecule has 0 saturated heterocycles. The molecule has 0 fully saturated rings. The summed E-state index contributed by atoms with van der Waals surface area (Å²) in [6.45, 7) is 0. The van der Waals surface area contributed by atoms with Crippen LogP contribution >= 0.6 is 11.3 Å². The number of pyridine rings is 1. The number of nitrogen functional groups attached to an aromatic ring is 1. The fraction of sp³-hybridized carbons (Fsp3) is 0.0714. The van der Waals surface area contributed by atoms with Crippen LogP contribution in [0.3, 0.4) is 0 Å². The van der Waals surface area contributed by atoms with Crippen LogP contribution in [0.5, 0.6) is 11.5 Å². The summed E-state index contributed by atoms with van der Waals surface area (Å²) in [5.41, 5.74) is 10.5. The molecule has 174 valence electrons. The van der Waals surface area contributed by atoms with E-state index in [1.165, 1.54) is 30.6 Å². The molecule has 0 spiro atoms. The van der Waals surface area contributed by atoms with Gasteiger partial charge >= 0.3 is 0 Å². The van der Waals surface area contributed by atoms with Gasteiger partial charge in [0.2, 0.25) is 5.78 Å². The van der Waals surface area contributed by atoms with Crippen molar-refractivity contribution in [2.24, 2.45) is 0 Å². The summed E-state index contributed by atoms with van der Waals surface area (Å²) in [6.07, 6.45) is 0. The monoisotopic (exact) mass is 484 g/mol. The summed E-state index contributed by atoms with van der Waals surface area (Å²) in [5, 5.41) is 0.664. The average Bonchev–Trinajstić information content (AvgIpc) is 3.24. The Morgan fingerprint density at radius 1 is 0.914 bits per heavy atom. The lowest BCUT2D eigenvalue weighted by Crippen LogP contribution is -2.05. The molecule has 0 amide bonds. The number of benzene rings is 3. The molecule has 5 rings (SSSR count). The topological polar surface area (TPSA) is 74.4 Å². The highest BCUT2D eigenvalue weighted by Gasteiger charge is 2.24. The molecule has 3 aromatic carbocycles. The number of nitrogens with two attached hydrogens (primary N) is 1. The third-order valence-electron chi connectivity index (χ3n) is 5.78. The molecule has 0 unspecified atom stereocenters. The van der Waals surface area contributed by atoms with Crippen LogP contribution < -0.4 is 15.2 Å². The summed E-state index contributed by atoms with van der Waals surface area (Å²) >= 11 is 1.23. The van der Waals surface area contributed by atoms with Crippen molar-refractivity contribution in [1.82, 2.24) is 4.98 Å². The minimum Gasteiger partial charge on any atom is -0.497 e. The van der Waals surface area contributed by atoms with Gasteiger partial charge in [-0.3, -0.25) is 4.79 Å². The SMILES string of the molecule is COc1ccc(C(=O)c2sc3nc(-c4ccccc4)cc(-c4ccc(F)cc4)c3c2N)c(OC)c1. The van der Waals surface area contributed by atoms with E-state index in [1.54, 1.807) is 37.4 Å². The predicted octanol–water partition coefficient (Wildman–Crippen LogP) is 6.60. The molecule has 0 saturated carbocycles. The van der Waals surface area contributed by atoms with Crippen molar-refractivity contribution >= 4 is 33.0 Å². The maximum atomic E-state index is 13.7. The maximum Gasteiger partial charge on any atom is 0.208 e. The van der Waals surface area contributed by atoms with Crippen molar-refractivity contribution < 1.29 is 18.7 Å². The number of aromatic nitrogens is 1. The highest BCUT2D eigenvalue weighted by molar-refractivity contribution is 7.21. The van der Waals surface area contributed by atoms with Gasteiger partial charge in [-0.25, -0.2) is 9.37 Å². The van der Waals surface area contributed by atoms with Crippen molar-refractivity contribution in [3.8, 4) is 33.9 Å². The van der Waals surface area contributed by atoms with Crippen LogP contribution in [0.4, 0.5) is 10.1 Å². The summed E-state index contributed by atoms with van der Waals surface area (Å²) in [5.74, 6) is 0.373. The number of fused-ring (bicyclic) bond motifs is 1. The van der Waals surface area contributed by atoms with Crippen LogP contribution in [-0.2, 0) is 0 Å². The summed E-state index contributed by atoms with van der Waals surface area (Å²) in [4.78, 5) is 19.4. The predicted molar refractivity (Wildman–Crippen MR) is 138 cm³/mol. The summed E-state index contributed by atoms with van der Waals surface area (Å²) in [7, 11) is 3.05. The van der Waals surface area contributed by atoms with Gasteiger partial charge in [0, 0.05) is 17.0 Å². The van der Waals surface area contributed by atoms with Crippen LogP contribution in [0.2, 0.25) is 0 Å². The Morgan fingerprint density at radius 3 is 2.34 bits per heavy atom. The van der Waals surface area contributed by atoms with Crippen molar-refractivity contribution in [1.29, 1.82) is 0 Å². The number of rotatable bonds is 6. The molecular weight excluding hydrogens is 463 g/mol. The molecule has 0 aliphatic carbocycles. The molecule has 2 heterocycles. The Hall–Kier alpha value is -4.23. The number of halogens is 1. The highest BCUT2D eigenvalue weighted by Crippen LogP contribution is 2.43. The number of ketones is 1. The second kappa shape index (κ2) is 9.19. The number of ether oxygens (including phenoxy) is 2. The van der Waals surface area contributed by atoms with Gasteiger partial charge in [0.1, 0.15) is 27.0 Å². The van der Waals surface area contributed by atoms with Crippen LogP contribution in [-0.4, -0.2) is 25.0 Å². The lowest BCUT2D eigenvalue weighted by Gasteiger charge is -2.10. The number of carbonyl (C=O) groups excluding carboxylic acids is 1. The number of methoxy groups -OCH3 is 2. The Kier molecular flexibility index (Phi) is 5.93. The van der Waals surface area contributed by atoms with Gasteiger partial charge in [0.05, 0.1) is 31.2 Å². The van der Waals surface area contributed by atoms with Crippen molar-refractivity contribution in [3.63, 3.8) is 0 Å². The molecule has 2 N–H and O–H groups in total. The van der Waals surface area contributed by atoms with E-state index in [2.05, 4.69) is 0 Å². The molecular formula is C28H21FN2O3S. The van der Waals surface area contributed by atoms with E-state index in [9.17, 15) is 9.18 Å². The first-order valence-electron chi connectivity index (χ1n) is 10.8. The number of anilines is 1. The molecule has 5 aromatic rings. The Morgan fingerprint density at radius 2 is 1.66 bits per heavy atom. The quantitative estimate of drug-likeness (QED) is 0.275. The Labute approximate surface area is 205 Å². The standard InChI is InChI=1S/C28H21FN2O3S/c1-33-19-12-13-20(23(14-19)34-2)26(32)27-25(30)24-21(16-8-10-18(29)11-9-16)15-22(31-28(24)35-27)17-6-4-3-5-7-17/h3-15H,30H2,1-2H3. The van der Waals surface area contributed by atoms with Gasteiger partial charge in [0.25, 0.3) is 0 Å². The molecule has 0 radical (unpaired) electrons. The van der Waals surface area contributed by atoms with Gasteiger partial charge in [-0.2, -0.15) is 0 Å². The normalized spacial score (nSPS) is 10.9. The Bertz CT molecular complexity index is 1550. The van der Waals surface area contributed by atoms with E-state index in [1.807, 2.05) is 36.4 Å². The van der Waals surface area contributed by atoms with E-state index < -0.39 is 0 Å². The molecule has 0 bridgehead atoms. The number of hydrogen-bond donors (Lipinski definition) is 1. The van der Waals surface area contributed by atoms with Crippen molar-refractivity contribution in [2.45, 2.75) is 0 Å². The fourth-order valence-corrected chi connectivity index (χ4v) is 5.09. The summed E-state index contributed by atoms with van der Waals surface area (Å²) < 4.78 is 24.3. The van der Waals surface area contributed by atoms with Gasteiger partial charge in [-0.1, -0.05) is 42.5 Å². The van der Waals surface area contributed by atoms with Crippen LogP contribution in [0, 0.1) is 5.82 Å². The Balaban J connectivity index is 1.73. The first-order chi connectivity index (χ1) is 17.0. The number of thiophene rings is 1. The van der Waals surface area contributed by atoms with E-state index in [0.717, 1.165) is 22.4 Å². The van der Waals surface area contributed by atoms with Crippen LogP contribution in [0.25, 0.3) is 32.6 Å². The number of hydrogen-bond acceptors (Lipinski definition) is 6. The van der Waals surface area contributed by atoms with Crippen LogP contribution in [0.15, 0.2) is 78.9 Å². The fourth-order valence-electron chi connectivity index (χ4n) is 4.01. The second-order valence-corrected chi connectivity index (χ2v) is 8.85. The van der Waals surface area contributed by atoms with Gasteiger partial charge < -0.3 is 15.2 Å². The molecule has 0 atom stereocenters. The zero-order chi connectivity index (χ0) is 24.5. The molecule has 35 heavy (non-hydrogen) atoms. The van der Waals surface area contributed by atoms with E-state index in [0.29, 0.717) is 37.8 Å². The zero-order valence-corrected chi connectivity index (χ0v) is 19.9. The average molecular weight is 485 g/mol. The van der Waals surface area contributed by atoms with E-state index in [-0.39, 0.29) is 11.6 Å². The first kappa shape index (κ1) is 22.6. The second-order valence-electron chi connectivity index (χ2n) is 7.85. The lowest BCUT2D eigenvalue weighted by atomic mass is 9.98. The lowest BCUT2D eigenvalue weighted by molar-refractivity contribution is 0.104. The highest BCUT2D eigenvalue weighted by atomic mass is 32.1. The molecule has 7 heteroatoms. The van der Waals surface area contributed by atoms with Gasteiger partial charge in [0.15, 0.2) is 0 Å². The first-order valence-corrected chi connectivity index (χ1v) is 11.6. The van der Waals surface area contributed by atoms with Crippen LogP contribution in [0.1, 0.15) is 15.2 Å². The van der Waals surface area contributed by atoms with E-state index >= 15 is 0 Å². The maximum absolute atomic E-state index is 13.7. The van der Waals surface area contributed by atoms with Gasteiger partial charge in [-0.15, -0.1) is 11.3 Å². The number of nitrogens with zero attached hydrogens (tertiary/aromatic N) is 1. The molecule has 2 aromatic heterocycles. The number of carbonyl (C=O) groups is 1. The molecule has 5 nitrogen and oxygen atoms in total. The third-order valence-corrected chi connectivity index (χ3v) is 6.88. The van der Waals surface area contributed by atoms with E-state index in [4.69, 9.17) is 20.2 Å². The molecule has 0 aliphatic heterocycles. The van der Waals surface area contributed by atoms with Crippen molar-refractivity contribution in [2.75, 3.05) is 20.0 Å². The third kappa shape index (κ3) is 4.11. The smallest absolute Gasteiger partial charge is 0.208 e. The van der Waals surface area contributed by atoms with Gasteiger partial charge in [-0.05, 0) is 41.5 Å². The minimum atomic E-state index is -0.330. The summed E-state index contributed by atoms with van der Waals surface area (Å²) in [6, 6.07) is 22.9.